The highest BCUT2D eigenvalue weighted by Crippen LogP contribution is 2.16. The lowest BCUT2D eigenvalue weighted by molar-refractivity contribution is 0.0885. The average Bonchev–Trinajstić information content (AvgIpc) is 2.64. The van der Waals surface area contributed by atoms with Gasteiger partial charge in [0.2, 0.25) is 0 Å². The van der Waals surface area contributed by atoms with E-state index >= 15 is 0 Å². The lowest BCUT2D eigenvalue weighted by Crippen LogP contribution is -2.37. The summed E-state index contributed by atoms with van der Waals surface area (Å²) in [6, 6.07) is 4.11. The standard InChI is InChI=1S/C12H19NO2S/c1-9(2)13(6-7-14)8-11(15)12-5-4-10(3)16-12/h4-5,9,14H,6-8H2,1-3H3. The van der Waals surface area contributed by atoms with Crippen LogP contribution in [-0.4, -0.2) is 41.5 Å². The zero-order valence-corrected chi connectivity index (χ0v) is 10.9. The minimum atomic E-state index is 0.0922. The second kappa shape index (κ2) is 6.13. The van der Waals surface area contributed by atoms with E-state index in [4.69, 9.17) is 5.11 Å². The normalized spacial score (nSPS) is 11.4. The number of hydrogen-bond acceptors (Lipinski definition) is 4. The molecular formula is C12H19NO2S. The number of carbonyl (C=O) groups excluding carboxylic acids is 1. The maximum atomic E-state index is 11.9. The quantitative estimate of drug-likeness (QED) is 0.774. The van der Waals surface area contributed by atoms with E-state index in [1.165, 1.54) is 11.3 Å². The summed E-state index contributed by atoms with van der Waals surface area (Å²) in [6.07, 6.45) is 0. The molecule has 0 atom stereocenters. The molecule has 4 heteroatoms. The first-order chi connectivity index (χ1) is 7.54. The van der Waals surface area contributed by atoms with Crippen LogP contribution in [0.5, 0.6) is 0 Å². The molecule has 0 aliphatic carbocycles. The van der Waals surface area contributed by atoms with Gasteiger partial charge in [-0.15, -0.1) is 11.3 Å². The number of aliphatic hydroxyl groups excluding tert-OH is 1. The molecule has 0 amide bonds. The molecule has 0 bridgehead atoms. The van der Waals surface area contributed by atoms with Gasteiger partial charge in [0, 0.05) is 17.5 Å². The van der Waals surface area contributed by atoms with Crippen molar-refractivity contribution < 1.29 is 9.90 Å². The summed E-state index contributed by atoms with van der Waals surface area (Å²) >= 11 is 1.53. The maximum absolute atomic E-state index is 11.9. The highest BCUT2D eigenvalue weighted by molar-refractivity contribution is 7.14. The fraction of sp³-hybridized carbons (Fsp3) is 0.583. The van der Waals surface area contributed by atoms with Crippen molar-refractivity contribution in [3.8, 4) is 0 Å². The molecule has 3 nitrogen and oxygen atoms in total. The Balaban J connectivity index is 2.61. The maximum Gasteiger partial charge on any atom is 0.186 e. The summed E-state index contributed by atoms with van der Waals surface area (Å²) in [4.78, 5) is 15.9. The van der Waals surface area contributed by atoms with E-state index < -0.39 is 0 Å². The third kappa shape index (κ3) is 3.70. The van der Waals surface area contributed by atoms with E-state index in [0.717, 1.165) is 9.75 Å². The molecule has 0 spiro atoms. The van der Waals surface area contributed by atoms with E-state index in [-0.39, 0.29) is 18.4 Å². The Morgan fingerprint density at radius 1 is 1.50 bits per heavy atom. The number of aliphatic hydroxyl groups is 1. The molecule has 0 aromatic carbocycles. The van der Waals surface area contributed by atoms with Crippen LogP contribution in [0.4, 0.5) is 0 Å². The van der Waals surface area contributed by atoms with E-state index in [1.807, 2.05) is 37.8 Å². The van der Waals surface area contributed by atoms with Gasteiger partial charge < -0.3 is 5.11 Å². The lowest BCUT2D eigenvalue weighted by atomic mass is 10.2. The van der Waals surface area contributed by atoms with Crippen LogP contribution in [-0.2, 0) is 0 Å². The fourth-order valence-electron chi connectivity index (χ4n) is 1.50. The number of nitrogens with zero attached hydrogens (tertiary/aromatic N) is 1. The number of carbonyl (C=O) groups is 1. The van der Waals surface area contributed by atoms with Crippen molar-refractivity contribution in [2.45, 2.75) is 26.8 Å². The smallest absolute Gasteiger partial charge is 0.186 e. The molecule has 0 saturated heterocycles. The van der Waals surface area contributed by atoms with E-state index in [1.54, 1.807) is 0 Å². The minimum Gasteiger partial charge on any atom is -0.395 e. The third-order valence-electron chi connectivity index (χ3n) is 2.48. The molecule has 16 heavy (non-hydrogen) atoms. The molecule has 0 aliphatic rings. The van der Waals surface area contributed by atoms with Crippen LogP contribution >= 0.6 is 11.3 Å². The van der Waals surface area contributed by atoms with E-state index in [0.29, 0.717) is 13.1 Å². The van der Waals surface area contributed by atoms with Gasteiger partial charge in [-0.2, -0.15) is 0 Å². The fourth-order valence-corrected chi connectivity index (χ4v) is 2.29. The molecule has 1 heterocycles. The molecule has 90 valence electrons. The second-order valence-corrected chi connectivity index (χ2v) is 5.41. The molecule has 0 saturated carbocycles. The molecule has 0 fully saturated rings. The van der Waals surface area contributed by atoms with Crippen molar-refractivity contribution in [3.63, 3.8) is 0 Å². The Labute approximate surface area is 101 Å². The molecule has 1 rings (SSSR count). The Kier molecular flexibility index (Phi) is 5.12. The Morgan fingerprint density at radius 2 is 2.19 bits per heavy atom. The minimum absolute atomic E-state index is 0.0922. The summed E-state index contributed by atoms with van der Waals surface area (Å²) in [5.41, 5.74) is 0. The highest BCUT2D eigenvalue weighted by Gasteiger charge is 2.15. The summed E-state index contributed by atoms with van der Waals surface area (Å²) < 4.78 is 0. The molecule has 1 aromatic heterocycles. The number of aryl methyl sites for hydroxylation is 1. The van der Waals surface area contributed by atoms with Crippen molar-refractivity contribution in [2.24, 2.45) is 0 Å². The van der Waals surface area contributed by atoms with Crippen molar-refractivity contribution in [1.29, 1.82) is 0 Å². The third-order valence-corrected chi connectivity index (χ3v) is 3.52. The lowest BCUT2D eigenvalue weighted by Gasteiger charge is -2.24. The predicted octanol–water partition coefficient (Wildman–Crippen LogP) is 1.94. The number of ketones is 1. The van der Waals surface area contributed by atoms with Gasteiger partial charge in [-0.05, 0) is 32.9 Å². The Morgan fingerprint density at radius 3 is 2.62 bits per heavy atom. The molecule has 0 radical (unpaired) electrons. The largest absolute Gasteiger partial charge is 0.395 e. The van der Waals surface area contributed by atoms with Crippen LogP contribution in [0.1, 0.15) is 28.4 Å². The summed E-state index contributed by atoms with van der Waals surface area (Å²) in [7, 11) is 0. The number of rotatable bonds is 6. The number of Topliss-reactive ketones (excluding diaryl/α,β-unsaturated/α-hetero) is 1. The summed E-state index contributed by atoms with van der Waals surface area (Å²) in [5.74, 6) is 0.139. The van der Waals surface area contributed by atoms with Gasteiger partial charge in [0.05, 0.1) is 18.0 Å². The van der Waals surface area contributed by atoms with Crippen LogP contribution in [0.2, 0.25) is 0 Å². The van der Waals surface area contributed by atoms with Gasteiger partial charge in [-0.1, -0.05) is 0 Å². The zero-order valence-electron chi connectivity index (χ0n) is 10.1. The predicted molar refractivity (Wildman–Crippen MR) is 67.2 cm³/mol. The first-order valence-corrected chi connectivity index (χ1v) is 6.30. The first-order valence-electron chi connectivity index (χ1n) is 5.49. The van der Waals surface area contributed by atoms with Gasteiger partial charge in [0.25, 0.3) is 0 Å². The van der Waals surface area contributed by atoms with Gasteiger partial charge in [-0.3, -0.25) is 9.69 Å². The monoisotopic (exact) mass is 241 g/mol. The SMILES string of the molecule is Cc1ccc(C(=O)CN(CCO)C(C)C)s1. The molecule has 1 N–H and O–H groups in total. The van der Waals surface area contributed by atoms with Gasteiger partial charge in [0.15, 0.2) is 5.78 Å². The average molecular weight is 241 g/mol. The number of hydrogen-bond donors (Lipinski definition) is 1. The summed E-state index contributed by atoms with van der Waals surface area (Å²) in [5, 5.41) is 8.92. The Hall–Kier alpha value is -0.710. The van der Waals surface area contributed by atoms with E-state index in [9.17, 15) is 4.79 Å². The van der Waals surface area contributed by atoms with Crippen LogP contribution in [0.3, 0.4) is 0 Å². The first kappa shape index (κ1) is 13.4. The van der Waals surface area contributed by atoms with Crippen LogP contribution in [0, 0.1) is 6.92 Å². The van der Waals surface area contributed by atoms with Crippen LogP contribution in [0.25, 0.3) is 0 Å². The Bertz CT molecular complexity index is 347. The van der Waals surface area contributed by atoms with Crippen molar-refractivity contribution >= 4 is 17.1 Å². The van der Waals surface area contributed by atoms with Gasteiger partial charge >= 0.3 is 0 Å². The summed E-state index contributed by atoms with van der Waals surface area (Å²) in [6.45, 7) is 7.08. The van der Waals surface area contributed by atoms with Crippen LogP contribution in [0.15, 0.2) is 12.1 Å². The second-order valence-electron chi connectivity index (χ2n) is 4.12. The zero-order chi connectivity index (χ0) is 12.1. The van der Waals surface area contributed by atoms with Crippen molar-refractivity contribution in [3.05, 3.63) is 21.9 Å². The highest BCUT2D eigenvalue weighted by atomic mass is 32.1. The molecule has 0 unspecified atom stereocenters. The molecular weight excluding hydrogens is 222 g/mol. The molecule has 1 aromatic rings. The number of thiophene rings is 1. The molecule has 0 aliphatic heterocycles. The van der Waals surface area contributed by atoms with E-state index in [2.05, 4.69) is 0 Å². The van der Waals surface area contributed by atoms with Crippen molar-refractivity contribution in [2.75, 3.05) is 19.7 Å². The van der Waals surface area contributed by atoms with Crippen molar-refractivity contribution in [1.82, 2.24) is 4.90 Å². The van der Waals surface area contributed by atoms with Gasteiger partial charge in [0.1, 0.15) is 0 Å². The van der Waals surface area contributed by atoms with Gasteiger partial charge in [-0.25, -0.2) is 0 Å². The topological polar surface area (TPSA) is 40.5 Å². The van der Waals surface area contributed by atoms with Crippen LogP contribution < -0.4 is 0 Å².